The second kappa shape index (κ2) is 6.14. The topological polar surface area (TPSA) is 85.8 Å². The van der Waals surface area contributed by atoms with Gasteiger partial charge in [0.2, 0.25) is 0 Å². The van der Waals surface area contributed by atoms with Crippen molar-refractivity contribution in [2.75, 3.05) is 26.3 Å². The van der Waals surface area contributed by atoms with E-state index in [9.17, 15) is 0 Å². The molecule has 6 nitrogen and oxygen atoms in total. The highest BCUT2D eigenvalue weighted by molar-refractivity contribution is 6.30. The van der Waals surface area contributed by atoms with Crippen molar-refractivity contribution in [1.82, 2.24) is 14.9 Å². The zero-order chi connectivity index (χ0) is 13.7. The van der Waals surface area contributed by atoms with E-state index in [1.807, 2.05) is 12.3 Å². The van der Waals surface area contributed by atoms with Crippen LogP contribution in [-0.2, 0) is 4.74 Å². The van der Waals surface area contributed by atoms with Crippen LogP contribution in [-0.4, -0.2) is 41.2 Å². The van der Waals surface area contributed by atoms with Gasteiger partial charge >= 0.3 is 0 Å². The highest BCUT2D eigenvalue weighted by atomic mass is 35.5. The lowest BCUT2D eigenvalue weighted by Gasteiger charge is -2.24. The van der Waals surface area contributed by atoms with E-state index in [0.29, 0.717) is 18.9 Å². The van der Waals surface area contributed by atoms with Crippen LogP contribution in [0.15, 0.2) is 6.20 Å². The molecule has 96 valence electrons. The third kappa shape index (κ3) is 3.19. The summed E-state index contributed by atoms with van der Waals surface area (Å²) >= 11 is 5.93. The Labute approximate surface area is 115 Å². The van der Waals surface area contributed by atoms with Crippen LogP contribution >= 0.6 is 11.6 Å². The Bertz CT molecular complexity index is 581. The van der Waals surface area contributed by atoms with E-state index in [4.69, 9.17) is 26.9 Å². The molecule has 0 aromatic carbocycles. The fraction of sp³-hybridized carbons (Fsp3) is 0.333. The van der Waals surface area contributed by atoms with Crippen LogP contribution in [0.1, 0.15) is 17.1 Å². The molecule has 7 heteroatoms. The molecule has 1 aliphatic heterocycles. The number of ether oxygens (including phenoxy) is 1. The number of aromatic nitrogens is 2. The summed E-state index contributed by atoms with van der Waals surface area (Å²) in [5.74, 6) is 0. The number of rotatable bonds is 2. The Balaban J connectivity index is 2.23. The summed E-state index contributed by atoms with van der Waals surface area (Å²) in [7, 11) is 0. The molecule has 0 atom stereocenters. The second-order valence-corrected chi connectivity index (χ2v) is 4.14. The van der Waals surface area contributed by atoms with Crippen molar-refractivity contribution in [2.24, 2.45) is 0 Å². The molecular formula is C12H10ClN5O. The molecule has 1 aromatic rings. The molecule has 19 heavy (non-hydrogen) atoms. The summed E-state index contributed by atoms with van der Waals surface area (Å²) in [6.45, 7) is 2.95. The van der Waals surface area contributed by atoms with Crippen LogP contribution < -0.4 is 0 Å². The predicted octanol–water partition coefficient (Wildman–Crippen LogP) is 1.18. The Morgan fingerprint density at radius 1 is 1.16 bits per heavy atom. The van der Waals surface area contributed by atoms with Crippen LogP contribution in [0, 0.1) is 22.7 Å². The maximum Gasteiger partial charge on any atom is 0.178 e. The summed E-state index contributed by atoms with van der Waals surface area (Å²) in [6, 6.07) is 3.62. The van der Waals surface area contributed by atoms with Gasteiger partial charge in [0.05, 0.1) is 13.2 Å². The molecule has 0 saturated carbocycles. The smallest absolute Gasteiger partial charge is 0.178 e. The van der Waals surface area contributed by atoms with Crippen molar-refractivity contribution >= 4 is 17.7 Å². The first kappa shape index (κ1) is 13.3. The van der Waals surface area contributed by atoms with E-state index in [1.54, 1.807) is 12.1 Å². The molecular weight excluding hydrogens is 266 g/mol. The van der Waals surface area contributed by atoms with Gasteiger partial charge in [-0.05, 0) is 6.08 Å². The molecule has 0 N–H and O–H groups in total. The zero-order valence-electron chi connectivity index (χ0n) is 10.0. The summed E-state index contributed by atoms with van der Waals surface area (Å²) in [6.07, 6.45) is 3.52. The number of nitrogens with zero attached hydrogens (tertiary/aromatic N) is 5. The molecule has 0 unspecified atom stereocenters. The van der Waals surface area contributed by atoms with Crippen LogP contribution in [0.2, 0.25) is 5.15 Å². The summed E-state index contributed by atoms with van der Waals surface area (Å²) in [4.78, 5) is 9.94. The first-order chi connectivity index (χ1) is 9.24. The molecule has 1 aromatic heterocycles. The molecule has 2 rings (SSSR count). The zero-order valence-corrected chi connectivity index (χ0v) is 10.8. The number of hydrogen-bond acceptors (Lipinski definition) is 6. The van der Waals surface area contributed by atoms with Gasteiger partial charge in [-0.1, -0.05) is 11.6 Å². The van der Waals surface area contributed by atoms with Gasteiger partial charge in [0.1, 0.15) is 17.8 Å². The minimum Gasteiger partial charge on any atom is -0.378 e. The number of halogens is 1. The van der Waals surface area contributed by atoms with Crippen LogP contribution in [0.3, 0.4) is 0 Å². The largest absolute Gasteiger partial charge is 0.378 e. The average molecular weight is 276 g/mol. The first-order valence-electron chi connectivity index (χ1n) is 5.62. The Hall–Kier alpha value is -2.15. The van der Waals surface area contributed by atoms with Gasteiger partial charge in [0.15, 0.2) is 16.5 Å². The van der Waals surface area contributed by atoms with Crippen LogP contribution in [0.25, 0.3) is 6.08 Å². The molecule has 0 spiro atoms. The quantitative estimate of drug-likeness (QED) is 0.805. The van der Waals surface area contributed by atoms with Crippen LogP contribution in [0.5, 0.6) is 0 Å². The molecule has 0 radical (unpaired) electrons. The minimum atomic E-state index is -0.0592. The van der Waals surface area contributed by atoms with Gasteiger partial charge < -0.3 is 9.64 Å². The normalized spacial score (nSPS) is 15.2. The Morgan fingerprint density at radius 3 is 2.42 bits per heavy atom. The van der Waals surface area contributed by atoms with E-state index in [0.717, 1.165) is 13.1 Å². The highest BCUT2D eigenvalue weighted by Crippen LogP contribution is 2.15. The molecule has 0 aliphatic carbocycles. The predicted molar refractivity (Wildman–Crippen MR) is 67.9 cm³/mol. The van der Waals surface area contributed by atoms with Crippen molar-refractivity contribution in [3.8, 4) is 12.1 Å². The fourth-order valence-corrected chi connectivity index (χ4v) is 1.78. The van der Waals surface area contributed by atoms with Gasteiger partial charge in [-0.15, -0.1) is 0 Å². The molecule has 1 fully saturated rings. The first-order valence-corrected chi connectivity index (χ1v) is 6.00. The number of hydrogen-bond donors (Lipinski definition) is 0. The van der Waals surface area contributed by atoms with Crippen molar-refractivity contribution in [3.05, 3.63) is 28.4 Å². The van der Waals surface area contributed by atoms with Gasteiger partial charge in [0, 0.05) is 19.3 Å². The molecule has 0 bridgehead atoms. The van der Waals surface area contributed by atoms with E-state index in [1.165, 1.54) is 0 Å². The lowest BCUT2D eigenvalue weighted by Crippen LogP contribution is -2.31. The minimum absolute atomic E-state index is 0.0199. The Morgan fingerprint density at radius 2 is 1.79 bits per heavy atom. The fourth-order valence-electron chi connectivity index (χ4n) is 1.59. The maximum absolute atomic E-state index is 8.88. The molecule has 1 saturated heterocycles. The lowest BCUT2D eigenvalue weighted by atomic mass is 10.3. The molecule has 0 amide bonds. The van der Waals surface area contributed by atoms with E-state index in [-0.39, 0.29) is 16.5 Å². The van der Waals surface area contributed by atoms with Gasteiger partial charge in [-0.25, -0.2) is 9.97 Å². The van der Waals surface area contributed by atoms with Crippen molar-refractivity contribution in [1.29, 1.82) is 10.5 Å². The van der Waals surface area contributed by atoms with Gasteiger partial charge in [-0.2, -0.15) is 10.5 Å². The van der Waals surface area contributed by atoms with Crippen LogP contribution in [0.4, 0.5) is 0 Å². The SMILES string of the molecule is N#Cc1nc(Cl)c(/C=C/N2CCOCC2)nc1C#N. The molecule has 2 heterocycles. The molecule has 1 aliphatic rings. The van der Waals surface area contributed by atoms with E-state index in [2.05, 4.69) is 14.9 Å². The van der Waals surface area contributed by atoms with Crippen molar-refractivity contribution in [2.45, 2.75) is 0 Å². The maximum atomic E-state index is 8.88. The lowest BCUT2D eigenvalue weighted by molar-refractivity contribution is 0.0597. The standard InChI is InChI=1S/C12H10ClN5O/c13-12-9(1-2-18-3-5-19-6-4-18)16-10(7-14)11(8-15)17-12/h1-2H,3-6H2/b2-1+. The van der Waals surface area contributed by atoms with E-state index >= 15 is 0 Å². The third-order valence-electron chi connectivity index (χ3n) is 2.58. The highest BCUT2D eigenvalue weighted by Gasteiger charge is 2.11. The van der Waals surface area contributed by atoms with Gasteiger partial charge in [0.25, 0.3) is 0 Å². The summed E-state index contributed by atoms with van der Waals surface area (Å²) < 4.78 is 5.23. The van der Waals surface area contributed by atoms with Crippen molar-refractivity contribution < 1.29 is 4.74 Å². The summed E-state index contributed by atoms with van der Waals surface area (Å²) in [5.41, 5.74) is 0.299. The average Bonchev–Trinajstić information content (AvgIpc) is 2.46. The van der Waals surface area contributed by atoms with E-state index < -0.39 is 0 Å². The van der Waals surface area contributed by atoms with Crippen molar-refractivity contribution in [3.63, 3.8) is 0 Å². The van der Waals surface area contributed by atoms with Gasteiger partial charge in [-0.3, -0.25) is 0 Å². The number of morpholine rings is 1. The summed E-state index contributed by atoms with van der Waals surface area (Å²) in [5, 5.41) is 17.8. The number of nitriles is 2. The Kier molecular flexibility index (Phi) is 4.30. The second-order valence-electron chi connectivity index (χ2n) is 3.78. The monoisotopic (exact) mass is 275 g/mol. The third-order valence-corrected chi connectivity index (χ3v) is 2.86.